The smallest absolute Gasteiger partial charge is 0.0550 e. The fraction of sp³-hybridized carbons (Fsp3) is 1.00. The van der Waals surface area contributed by atoms with Gasteiger partial charge in [-0.2, -0.15) is 0 Å². The maximum absolute atomic E-state index is 5.77. The van der Waals surface area contributed by atoms with Crippen molar-refractivity contribution in [3.05, 3.63) is 0 Å². The minimum absolute atomic E-state index is 0.544. The molecule has 0 bridgehead atoms. The van der Waals surface area contributed by atoms with Crippen molar-refractivity contribution in [3.63, 3.8) is 0 Å². The minimum atomic E-state index is 0.544. The van der Waals surface area contributed by atoms with Crippen molar-refractivity contribution in [1.29, 1.82) is 0 Å². The lowest BCUT2D eigenvalue weighted by molar-refractivity contribution is -0.225. The zero-order valence-corrected chi connectivity index (χ0v) is 13.8. The Balaban J connectivity index is 1.89. The Hall–Kier alpha value is -0.0400. The molecule has 1 aliphatic heterocycles. The topological polar surface area (TPSA) is 9.23 Å². The van der Waals surface area contributed by atoms with Crippen LogP contribution in [0, 0.1) is 22.7 Å². The van der Waals surface area contributed by atoms with Crippen LogP contribution in [0.4, 0.5) is 0 Å². The van der Waals surface area contributed by atoms with Gasteiger partial charge in [0.05, 0.1) is 13.2 Å². The van der Waals surface area contributed by atoms with Gasteiger partial charge in [-0.25, -0.2) is 0 Å². The van der Waals surface area contributed by atoms with Crippen LogP contribution in [0.15, 0.2) is 0 Å². The van der Waals surface area contributed by atoms with Crippen LogP contribution < -0.4 is 0 Å². The third kappa shape index (κ3) is 2.25. The fourth-order valence-corrected chi connectivity index (χ4v) is 5.91. The first-order chi connectivity index (χ1) is 9.76. The van der Waals surface area contributed by atoms with E-state index in [1.54, 1.807) is 0 Å². The van der Waals surface area contributed by atoms with Gasteiger partial charge in [0.1, 0.15) is 0 Å². The molecule has 20 heavy (non-hydrogen) atoms. The minimum Gasteiger partial charge on any atom is -0.380 e. The number of rotatable bonds is 4. The first-order valence-corrected chi connectivity index (χ1v) is 9.34. The Morgan fingerprint density at radius 2 is 1.70 bits per heavy atom. The highest BCUT2D eigenvalue weighted by molar-refractivity contribution is 5.07. The molecule has 3 aliphatic rings. The molecule has 2 unspecified atom stereocenters. The van der Waals surface area contributed by atoms with E-state index in [0.717, 1.165) is 25.0 Å². The van der Waals surface area contributed by atoms with Gasteiger partial charge in [0.25, 0.3) is 0 Å². The van der Waals surface area contributed by atoms with E-state index >= 15 is 0 Å². The Kier molecular flexibility index (Phi) is 4.45. The van der Waals surface area contributed by atoms with E-state index in [0.29, 0.717) is 10.8 Å². The molecule has 1 heterocycles. The quantitative estimate of drug-likeness (QED) is 0.652. The van der Waals surface area contributed by atoms with E-state index in [-0.39, 0.29) is 0 Å². The van der Waals surface area contributed by atoms with Crippen LogP contribution in [0.2, 0.25) is 0 Å². The molecule has 3 fully saturated rings. The maximum Gasteiger partial charge on any atom is 0.0550 e. The van der Waals surface area contributed by atoms with Crippen molar-refractivity contribution in [2.24, 2.45) is 22.7 Å². The van der Waals surface area contributed by atoms with E-state index in [9.17, 15) is 0 Å². The van der Waals surface area contributed by atoms with Crippen molar-refractivity contribution in [2.75, 3.05) is 13.2 Å². The number of hydrogen-bond donors (Lipinski definition) is 0. The first-order valence-electron chi connectivity index (χ1n) is 9.34. The summed E-state index contributed by atoms with van der Waals surface area (Å²) >= 11 is 0. The van der Waals surface area contributed by atoms with Gasteiger partial charge >= 0.3 is 0 Å². The van der Waals surface area contributed by atoms with E-state index in [2.05, 4.69) is 13.8 Å². The van der Waals surface area contributed by atoms with Gasteiger partial charge in [-0.3, -0.25) is 0 Å². The third-order valence-electron chi connectivity index (χ3n) is 7.34. The van der Waals surface area contributed by atoms with Crippen LogP contribution in [0.5, 0.6) is 0 Å². The van der Waals surface area contributed by atoms with Crippen molar-refractivity contribution in [1.82, 2.24) is 0 Å². The van der Waals surface area contributed by atoms with Crippen LogP contribution in [0.1, 0.15) is 84.5 Å². The van der Waals surface area contributed by atoms with Gasteiger partial charge in [0.15, 0.2) is 0 Å². The van der Waals surface area contributed by atoms with Crippen molar-refractivity contribution < 1.29 is 4.74 Å². The third-order valence-corrected chi connectivity index (χ3v) is 7.34. The second kappa shape index (κ2) is 5.99. The van der Waals surface area contributed by atoms with Gasteiger partial charge in [-0.05, 0) is 49.4 Å². The van der Waals surface area contributed by atoms with E-state index in [1.807, 2.05) is 0 Å². The van der Waals surface area contributed by atoms with Crippen LogP contribution >= 0.6 is 0 Å². The summed E-state index contributed by atoms with van der Waals surface area (Å²) in [5.41, 5.74) is 1.18. The van der Waals surface area contributed by atoms with Crippen LogP contribution in [0.25, 0.3) is 0 Å². The largest absolute Gasteiger partial charge is 0.380 e. The summed E-state index contributed by atoms with van der Waals surface area (Å²) < 4.78 is 5.77. The van der Waals surface area contributed by atoms with Gasteiger partial charge in [0, 0.05) is 5.41 Å². The van der Waals surface area contributed by atoms with Crippen molar-refractivity contribution in [3.8, 4) is 0 Å². The summed E-state index contributed by atoms with van der Waals surface area (Å²) in [4.78, 5) is 0. The van der Waals surface area contributed by atoms with Crippen LogP contribution in [0.3, 0.4) is 0 Å². The molecular formula is C19H34O. The molecule has 2 aliphatic carbocycles. The predicted molar refractivity (Wildman–Crippen MR) is 84.8 cm³/mol. The Labute approximate surface area is 125 Å². The zero-order valence-electron chi connectivity index (χ0n) is 13.8. The molecule has 0 aromatic heterocycles. The van der Waals surface area contributed by atoms with E-state index in [4.69, 9.17) is 4.74 Å². The lowest BCUT2D eigenvalue weighted by Crippen LogP contribution is -2.59. The van der Waals surface area contributed by atoms with E-state index in [1.165, 1.54) is 70.6 Å². The molecule has 3 rings (SSSR count). The molecule has 116 valence electrons. The zero-order chi connectivity index (χ0) is 14.1. The summed E-state index contributed by atoms with van der Waals surface area (Å²) in [5.74, 6) is 2.00. The Morgan fingerprint density at radius 1 is 0.950 bits per heavy atom. The molecule has 0 N–H and O–H groups in total. The highest BCUT2D eigenvalue weighted by Crippen LogP contribution is 2.63. The molecular weight excluding hydrogens is 244 g/mol. The molecule has 0 aromatic carbocycles. The molecule has 0 radical (unpaired) electrons. The lowest BCUT2D eigenvalue weighted by atomic mass is 9.46. The summed E-state index contributed by atoms with van der Waals surface area (Å²) in [6.45, 7) is 6.98. The summed E-state index contributed by atoms with van der Waals surface area (Å²) in [7, 11) is 0. The average molecular weight is 278 g/mol. The van der Waals surface area contributed by atoms with Crippen LogP contribution in [-0.4, -0.2) is 13.2 Å². The second-order valence-electron chi connectivity index (χ2n) is 7.99. The van der Waals surface area contributed by atoms with Crippen LogP contribution in [-0.2, 0) is 4.74 Å². The number of ether oxygens (including phenoxy) is 1. The summed E-state index contributed by atoms with van der Waals surface area (Å²) in [5, 5.41) is 0. The first kappa shape index (κ1) is 14.9. The van der Waals surface area contributed by atoms with E-state index < -0.39 is 0 Å². The molecule has 0 amide bonds. The lowest BCUT2D eigenvalue weighted by Gasteiger charge is -2.62. The highest BCUT2D eigenvalue weighted by atomic mass is 16.5. The summed E-state index contributed by atoms with van der Waals surface area (Å²) in [6, 6.07) is 0. The molecule has 1 heteroatoms. The SMILES string of the molecule is CCC1CCCC(C2CCCCC2)(C2(CC)COC2)C1. The highest BCUT2D eigenvalue weighted by Gasteiger charge is 2.58. The molecule has 0 aromatic rings. The predicted octanol–water partition coefficient (Wildman–Crippen LogP) is 5.58. The summed E-state index contributed by atoms with van der Waals surface area (Å²) in [6.07, 6.45) is 16.2. The Bertz CT molecular complexity index is 308. The monoisotopic (exact) mass is 278 g/mol. The molecule has 0 spiro atoms. The average Bonchev–Trinajstić information content (AvgIpc) is 2.48. The Morgan fingerprint density at radius 3 is 2.25 bits per heavy atom. The molecule has 2 saturated carbocycles. The normalized spacial score (nSPS) is 38.4. The molecule has 1 nitrogen and oxygen atoms in total. The standard InChI is InChI=1S/C19H34O/c1-3-16-9-8-12-19(13-16,17-10-6-5-7-11-17)18(4-2)14-20-15-18/h16-17H,3-15H2,1-2H3. The molecule has 2 atom stereocenters. The van der Waals surface area contributed by atoms with Gasteiger partial charge in [-0.1, -0.05) is 52.4 Å². The number of hydrogen-bond acceptors (Lipinski definition) is 1. The second-order valence-corrected chi connectivity index (χ2v) is 7.99. The van der Waals surface area contributed by atoms with Crippen molar-refractivity contribution in [2.45, 2.75) is 84.5 Å². The van der Waals surface area contributed by atoms with Crippen molar-refractivity contribution >= 4 is 0 Å². The maximum atomic E-state index is 5.77. The van der Waals surface area contributed by atoms with Gasteiger partial charge in [0.2, 0.25) is 0 Å². The fourth-order valence-electron chi connectivity index (χ4n) is 5.91. The molecule has 1 saturated heterocycles. The van der Waals surface area contributed by atoms with Gasteiger partial charge in [-0.15, -0.1) is 0 Å². The van der Waals surface area contributed by atoms with Gasteiger partial charge < -0.3 is 4.74 Å².